The molecule has 4 rings (SSSR count). The summed E-state index contributed by atoms with van der Waals surface area (Å²) in [5, 5.41) is 1.03. The van der Waals surface area contributed by atoms with Crippen LogP contribution in [0, 0.1) is 12.7 Å². The molecule has 0 saturated carbocycles. The van der Waals surface area contributed by atoms with Gasteiger partial charge in [0.05, 0.1) is 6.42 Å². The highest BCUT2D eigenvalue weighted by Crippen LogP contribution is 2.15. The van der Waals surface area contributed by atoms with E-state index in [0.717, 1.165) is 40.7 Å². The minimum absolute atomic E-state index is 0.0511. The Balaban J connectivity index is 1.36. The van der Waals surface area contributed by atoms with E-state index >= 15 is 0 Å². The van der Waals surface area contributed by atoms with Crippen molar-refractivity contribution in [2.45, 2.75) is 19.9 Å². The molecule has 1 fully saturated rings. The Kier molecular flexibility index (Phi) is 5.45. The first kappa shape index (κ1) is 19.3. The first-order valence-corrected chi connectivity index (χ1v) is 9.85. The highest BCUT2D eigenvalue weighted by Gasteiger charge is 2.22. The largest absolute Gasteiger partial charge is 0.340 e. The molecule has 0 atom stereocenters. The molecule has 1 saturated heterocycles. The van der Waals surface area contributed by atoms with Crippen molar-refractivity contribution in [1.82, 2.24) is 14.8 Å². The van der Waals surface area contributed by atoms with Gasteiger partial charge in [-0.1, -0.05) is 24.3 Å². The first-order chi connectivity index (χ1) is 14.0. The predicted octanol–water partition coefficient (Wildman–Crippen LogP) is 2.86. The molecule has 6 heteroatoms. The quantitative estimate of drug-likeness (QED) is 0.742. The highest BCUT2D eigenvalue weighted by molar-refractivity contribution is 5.80. The summed E-state index contributed by atoms with van der Waals surface area (Å²) in [6.07, 6.45) is 0.282. The average Bonchev–Trinajstić information content (AvgIpc) is 2.71. The molecule has 3 aromatic rings. The zero-order chi connectivity index (χ0) is 20.4. The minimum atomic E-state index is -0.298. The Morgan fingerprint density at radius 2 is 1.76 bits per heavy atom. The maximum atomic E-state index is 13.0. The monoisotopic (exact) mass is 393 g/mol. The fourth-order valence-corrected chi connectivity index (χ4v) is 3.76. The van der Waals surface area contributed by atoms with Gasteiger partial charge in [-0.25, -0.2) is 4.39 Å². The number of aryl methyl sites for hydroxylation is 1. The number of piperazine rings is 1. The number of hydrogen-bond donors (Lipinski definition) is 1. The number of hydrogen-bond acceptors (Lipinski definition) is 3. The lowest BCUT2D eigenvalue weighted by atomic mass is 10.1. The van der Waals surface area contributed by atoms with E-state index in [1.807, 2.05) is 36.1 Å². The maximum absolute atomic E-state index is 13.0. The number of nitrogens with zero attached hydrogens (tertiary/aromatic N) is 2. The van der Waals surface area contributed by atoms with Crippen molar-refractivity contribution in [1.29, 1.82) is 0 Å². The van der Waals surface area contributed by atoms with Gasteiger partial charge in [0, 0.05) is 43.8 Å². The number of amides is 1. The maximum Gasteiger partial charge on any atom is 0.252 e. The van der Waals surface area contributed by atoms with E-state index in [4.69, 9.17) is 0 Å². The molecule has 0 unspecified atom stereocenters. The van der Waals surface area contributed by atoms with Gasteiger partial charge in [0.1, 0.15) is 5.82 Å². The van der Waals surface area contributed by atoms with Gasteiger partial charge in [-0.3, -0.25) is 14.5 Å². The van der Waals surface area contributed by atoms with Crippen molar-refractivity contribution in [3.63, 3.8) is 0 Å². The van der Waals surface area contributed by atoms with Crippen molar-refractivity contribution in [2.24, 2.45) is 0 Å². The molecular formula is C23H24FN3O2. The van der Waals surface area contributed by atoms with Gasteiger partial charge in [0.2, 0.25) is 5.91 Å². The molecule has 0 spiro atoms. The molecule has 1 amide bonds. The van der Waals surface area contributed by atoms with Crippen molar-refractivity contribution < 1.29 is 9.18 Å². The van der Waals surface area contributed by atoms with Gasteiger partial charge in [-0.15, -0.1) is 0 Å². The molecule has 0 aliphatic carbocycles. The van der Waals surface area contributed by atoms with Crippen molar-refractivity contribution in [3.05, 3.63) is 81.4 Å². The van der Waals surface area contributed by atoms with Crippen LogP contribution in [0.3, 0.4) is 0 Å². The van der Waals surface area contributed by atoms with Crippen LogP contribution in [0.5, 0.6) is 0 Å². The molecule has 0 radical (unpaired) electrons. The number of carbonyl (C=O) groups excluding carboxylic acids is 1. The number of aromatic nitrogens is 1. The van der Waals surface area contributed by atoms with E-state index in [-0.39, 0.29) is 23.7 Å². The second-order valence-electron chi connectivity index (χ2n) is 7.67. The van der Waals surface area contributed by atoms with Gasteiger partial charge >= 0.3 is 0 Å². The number of nitrogens with one attached hydrogen (secondary N) is 1. The summed E-state index contributed by atoms with van der Waals surface area (Å²) in [6, 6.07) is 14.1. The molecule has 1 aromatic heterocycles. The fourth-order valence-electron chi connectivity index (χ4n) is 3.76. The van der Waals surface area contributed by atoms with E-state index in [1.165, 1.54) is 12.1 Å². The third-order valence-electron chi connectivity index (χ3n) is 5.47. The molecule has 1 aliphatic rings. The number of H-pyrrole nitrogens is 1. The van der Waals surface area contributed by atoms with Crippen LogP contribution in [0.25, 0.3) is 10.9 Å². The normalized spacial score (nSPS) is 15.0. The van der Waals surface area contributed by atoms with Crippen LogP contribution in [0.4, 0.5) is 4.39 Å². The third-order valence-corrected chi connectivity index (χ3v) is 5.47. The number of halogens is 1. The molecule has 1 N–H and O–H groups in total. The first-order valence-electron chi connectivity index (χ1n) is 9.85. The summed E-state index contributed by atoms with van der Waals surface area (Å²) >= 11 is 0. The summed E-state index contributed by atoms with van der Waals surface area (Å²) in [5.41, 5.74) is 3.47. The standard InChI is InChI=1S/C23H24FN3O2/c1-16-2-5-18-14-19(23(29)25-21(18)12-16)15-26-8-10-27(11-9-26)22(28)13-17-3-6-20(24)7-4-17/h2-7,12,14H,8-11,13,15H2,1H3,(H,25,29). The minimum Gasteiger partial charge on any atom is -0.340 e. The molecule has 1 aliphatic heterocycles. The number of aromatic amines is 1. The van der Waals surface area contributed by atoms with E-state index in [1.54, 1.807) is 12.1 Å². The van der Waals surface area contributed by atoms with Crippen LogP contribution in [0.15, 0.2) is 53.3 Å². The topological polar surface area (TPSA) is 56.4 Å². The van der Waals surface area contributed by atoms with Gasteiger partial charge in [-0.2, -0.15) is 0 Å². The summed E-state index contributed by atoms with van der Waals surface area (Å²) in [6.45, 7) is 5.28. The third kappa shape index (κ3) is 4.54. The van der Waals surface area contributed by atoms with Crippen LogP contribution in [-0.4, -0.2) is 46.9 Å². The van der Waals surface area contributed by atoms with E-state index in [0.29, 0.717) is 19.6 Å². The number of carbonyl (C=O) groups is 1. The number of fused-ring (bicyclic) bond motifs is 1. The van der Waals surface area contributed by atoms with Crippen molar-refractivity contribution >= 4 is 16.8 Å². The van der Waals surface area contributed by atoms with Crippen molar-refractivity contribution in [2.75, 3.05) is 26.2 Å². The Labute approximate surface area is 168 Å². The molecule has 5 nitrogen and oxygen atoms in total. The van der Waals surface area contributed by atoms with E-state index < -0.39 is 0 Å². The predicted molar refractivity (Wildman–Crippen MR) is 111 cm³/mol. The number of benzene rings is 2. The van der Waals surface area contributed by atoms with Gasteiger partial charge in [-0.05, 0) is 47.7 Å². The smallest absolute Gasteiger partial charge is 0.252 e. The summed E-state index contributed by atoms with van der Waals surface area (Å²) in [5.74, 6) is -0.246. The van der Waals surface area contributed by atoms with Crippen LogP contribution in [0.2, 0.25) is 0 Å². The van der Waals surface area contributed by atoms with E-state index in [9.17, 15) is 14.0 Å². The zero-order valence-corrected chi connectivity index (χ0v) is 16.5. The average molecular weight is 393 g/mol. The van der Waals surface area contributed by atoms with Crippen LogP contribution in [0.1, 0.15) is 16.7 Å². The molecule has 150 valence electrons. The van der Waals surface area contributed by atoms with Crippen LogP contribution in [-0.2, 0) is 17.8 Å². The lowest BCUT2D eigenvalue weighted by Crippen LogP contribution is -2.49. The van der Waals surface area contributed by atoms with Gasteiger partial charge in [0.15, 0.2) is 0 Å². The Hall–Kier alpha value is -2.99. The van der Waals surface area contributed by atoms with Gasteiger partial charge < -0.3 is 9.88 Å². The van der Waals surface area contributed by atoms with Crippen LogP contribution < -0.4 is 5.56 Å². The number of pyridine rings is 1. The molecule has 0 bridgehead atoms. The van der Waals surface area contributed by atoms with Gasteiger partial charge in [0.25, 0.3) is 5.56 Å². The summed E-state index contributed by atoms with van der Waals surface area (Å²) in [4.78, 5) is 32.0. The Morgan fingerprint density at radius 1 is 1.03 bits per heavy atom. The molecule has 2 aromatic carbocycles. The SMILES string of the molecule is Cc1ccc2cc(CN3CCN(C(=O)Cc4ccc(F)cc4)CC3)c(=O)[nH]c2c1. The lowest BCUT2D eigenvalue weighted by Gasteiger charge is -2.34. The molecule has 2 heterocycles. The van der Waals surface area contributed by atoms with Crippen molar-refractivity contribution in [3.8, 4) is 0 Å². The lowest BCUT2D eigenvalue weighted by molar-refractivity contribution is -0.132. The Bertz CT molecular complexity index is 1080. The molecule has 29 heavy (non-hydrogen) atoms. The second kappa shape index (κ2) is 8.17. The highest BCUT2D eigenvalue weighted by atomic mass is 19.1. The number of rotatable bonds is 4. The second-order valence-corrected chi connectivity index (χ2v) is 7.67. The zero-order valence-electron chi connectivity index (χ0n) is 16.5. The Morgan fingerprint density at radius 3 is 2.48 bits per heavy atom. The fraction of sp³-hybridized carbons (Fsp3) is 0.304. The molecular weight excluding hydrogens is 369 g/mol. The summed E-state index contributed by atoms with van der Waals surface area (Å²) < 4.78 is 13.0. The van der Waals surface area contributed by atoms with E-state index in [2.05, 4.69) is 9.88 Å². The van der Waals surface area contributed by atoms with Crippen LogP contribution >= 0.6 is 0 Å². The summed E-state index contributed by atoms with van der Waals surface area (Å²) in [7, 11) is 0.